The van der Waals surface area contributed by atoms with Gasteiger partial charge in [0.2, 0.25) is 0 Å². The number of nitrogens with zero attached hydrogens (tertiary/aromatic N) is 1. The Morgan fingerprint density at radius 2 is 1.76 bits per heavy atom. The molecule has 2 rings (SSSR count). The van der Waals surface area contributed by atoms with Gasteiger partial charge in [-0.25, -0.2) is 8.42 Å². The van der Waals surface area contributed by atoms with Crippen molar-refractivity contribution in [1.29, 1.82) is 0 Å². The molecule has 0 amide bonds. The Morgan fingerprint density at radius 3 is 2.29 bits per heavy atom. The average Bonchev–Trinajstić information content (AvgIpc) is 2.85. The fourth-order valence-electron chi connectivity index (χ4n) is 2.86. The molecule has 0 spiro atoms. The minimum Gasteiger partial charge on any atom is -0.494 e. The van der Waals surface area contributed by atoms with Crippen molar-refractivity contribution >= 4 is 19.7 Å². The van der Waals surface area contributed by atoms with Gasteiger partial charge in [0.15, 0.2) is 0 Å². The number of halogens is 1. The molecule has 4 nitrogen and oxygen atoms in total. The third-order valence-corrected chi connectivity index (χ3v) is 5.36. The molecule has 0 atom stereocenters. The highest BCUT2D eigenvalue weighted by atomic mass is 35.7. The lowest BCUT2D eigenvalue weighted by molar-refractivity contribution is 0.263. The van der Waals surface area contributed by atoms with Crippen LogP contribution in [0.15, 0.2) is 17.0 Å². The van der Waals surface area contributed by atoms with Crippen LogP contribution in [-0.4, -0.2) is 39.6 Å². The summed E-state index contributed by atoms with van der Waals surface area (Å²) in [5, 5.41) is 0. The zero-order valence-corrected chi connectivity index (χ0v) is 14.1. The third-order valence-electron chi connectivity index (χ3n) is 3.76. The maximum Gasteiger partial charge on any atom is 0.261 e. The molecule has 0 unspecified atom stereocenters. The smallest absolute Gasteiger partial charge is 0.261 e. The van der Waals surface area contributed by atoms with Gasteiger partial charge in [0.25, 0.3) is 9.05 Å². The molecule has 0 saturated carbocycles. The van der Waals surface area contributed by atoms with E-state index < -0.39 is 9.05 Å². The Hall–Kier alpha value is -0.780. The van der Waals surface area contributed by atoms with E-state index in [2.05, 4.69) is 4.90 Å². The first-order valence-electron chi connectivity index (χ1n) is 7.29. The molecule has 118 valence electrons. The van der Waals surface area contributed by atoms with Crippen molar-refractivity contribution < 1.29 is 13.2 Å². The first-order valence-corrected chi connectivity index (χ1v) is 9.60. The van der Waals surface area contributed by atoms with E-state index >= 15 is 0 Å². The zero-order valence-electron chi connectivity index (χ0n) is 12.6. The lowest BCUT2D eigenvalue weighted by Crippen LogP contribution is -2.21. The summed E-state index contributed by atoms with van der Waals surface area (Å²) in [6, 6.07) is 3.47. The molecule has 1 saturated heterocycles. The van der Waals surface area contributed by atoms with Crippen molar-refractivity contribution in [2.45, 2.75) is 38.0 Å². The fourth-order valence-corrected chi connectivity index (χ4v) is 4.48. The van der Waals surface area contributed by atoms with E-state index in [9.17, 15) is 8.42 Å². The van der Waals surface area contributed by atoms with Crippen LogP contribution in [-0.2, 0) is 9.05 Å². The number of rotatable bonds is 6. The molecule has 1 aromatic carbocycles. The van der Waals surface area contributed by atoms with E-state index in [4.69, 9.17) is 15.4 Å². The van der Waals surface area contributed by atoms with Crippen molar-refractivity contribution in [3.05, 3.63) is 23.3 Å². The van der Waals surface area contributed by atoms with Crippen molar-refractivity contribution in [1.82, 2.24) is 4.90 Å². The lowest BCUT2D eigenvalue weighted by atomic mass is 10.1. The number of ether oxygens (including phenoxy) is 1. The molecule has 1 aliphatic rings. The minimum absolute atomic E-state index is 0.189. The van der Waals surface area contributed by atoms with Gasteiger partial charge < -0.3 is 9.64 Å². The average molecular weight is 332 g/mol. The van der Waals surface area contributed by atoms with Gasteiger partial charge in [-0.2, -0.15) is 0 Å². The lowest BCUT2D eigenvalue weighted by Gasteiger charge is -2.15. The van der Waals surface area contributed by atoms with Crippen LogP contribution in [0, 0.1) is 13.8 Å². The number of hydrogen-bond donors (Lipinski definition) is 0. The van der Waals surface area contributed by atoms with E-state index in [1.54, 1.807) is 26.0 Å². The number of likely N-dealkylation sites (tertiary alicyclic amines) is 1. The number of benzene rings is 1. The van der Waals surface area contributed by atoms with Crippen molar-refractivity contribution in [3.8, 4) is 5.75 Å². The summed E-state index contributed by atoms with van der Waals surface area (Å²) in [4.78, 5) is 2.64. The van der Waals surface area contributed by atoms with Crippen LogP contribution in [0.4, 0.5) is 0 Å². The summed E-state index contributed by atoms with van der Waals surface area (Å²) in [6.07, 6.45) is 3.58. The van der Waals surface area contributed by atoms with Crippen LogP contribution < -0.4 is 4.74 Å². The monoisotopic (exact) mass is 331 g/mol. The second-order valence-corrected chi connectivity index (χ2v) is 8.08. The molecule has 1 heterocycles. The van der Waals surface area contributed by atoms with Gasteiger partial charge in [-0.15, -0.1) is 0 Å². The second kappa shape index (κ2) is 6.99. The minimum atomic E-state index is -3.71. The molecular weight excluding hydrogens is 310 g/mol. The van der Waals surface area contributed by atoms with E-state index in [1.807, 2.05) is 0 Å². The Labute approximate surface area is 131 Å². The number of hydrogen-bond acceptors (Lipinski definition) is 4. The summed E-state index contributed by atoms with van der Waals surface area (Å²) in [5.74, 6) is 0.704. The summed E-state index contributed by atoms with van der Waals surface area (Å²) in [6.45, 7) is 7.56. The van der Waals surface area contributed by atoms with Crippen molar-refractivity contribution in [2.75, 3.05) is 26.2 Å². The molecule has 0 aromatic heterocycles. The van der Waals surface area contributed by atoms with Crippen molar-refractivity contribution in [3.63, 3.8) is 0 Å². The van der Waals surface area contributed by atoms with E-state index in [0.717, 1.165) is 13.0 Å². The first-order chi connectivity index (χ1) is 9.88. The van der Waals surface area contributed by atoms with Gasteiger partial charge in [-0.3, -0.25) is 0 Å². The van der Waals surface area contributed by atoms with Gasteiger partial charge >= 0.3 is 0 Å². The van der Waals surface area contributed by atoms with E-state index in [-0.39, 0.29) is 4.90 Å². The summed E-state index contributed by atoms with van der Waals surface area (Å²) < 4.78 is 28.8. The molecule has 1 aromatic rings. The summed E-state index contributed by atoms with van der Waals surface area (Å²) in [5.41, 5.74) is 1.25. The highest BCUT2D eigenvalue weighted by Gasteiger charge is 2.17. The Morgan fingerprint density at radius 1 is 1.19 bits per heavy atom. The van der Waals surface area contributed by atoms with Crippen molar-refractivity contribution in [2.24, 2.45) is 0 Å². The summed E-state index contributed by atoms with van der Waals surface area (Å²) >= 11 is 0. The van der Waals surface area contributed by atoms with Gasteiger partial charge in [-0.1, -0.05) is 0 Å². The molecule has 21 heavy (non-hydrogen) atoms. The Kier molecular flexibility index (Phi) is 5.52. The largest absolute Gasteiger partial charge is 0.494 e. The predicted octanol–water partition coefficient (Wildman–Crippen LogP) is 3.10. The first kappa shape index (κ1) is 16.6. The normalized spacial score (nSPS) is 16.3. The maximum atomic E-state index is 11.5. The van der Waals surface area contributed by atoms with Gasteiger partial charge in [-0.05, 0) is 69.5 Å². The fraction of sp³-hybridized carbons (Fsp3) is 0.600. The van der Waals surface area contributed by atoms with Crippen LogP contribution in [0.1, 0.15) is 30.4 Å². The summed E-state index contributed by atoms with van der Waals surface area (Å²) in [7, 11) is 1.74. The Balaban J connectivity index is 1.92. The molecular formula is C15H22ClNO3S. The van der Waals surface area contributed by atoms with E-state index in [1.165, 1.54) is 25.9 Å². The molecule has 0 radical (unpaired) electrons. The highest BCUT2D eigenvalue weighted by molar-refractivity contribution is 8.13. The van der Waals surface area contributed by atoms with Crippen LogP contribution in [0.25, 0.3) is 0 Å². The van der Waals surface area contributed by atoms with E-state index in [0.29, 0.717) is 23.5 Å². The second-order valence-electron chi connectivity index (χ2n) is 5.57. The van der Waals surface area contributed by atoms with Gasteiger partial charge in [0.1, 0.15) is 5.75 Å². The molecule has 0 bridgehead atoms. The third kappa shape index (κ3) is 4.59. The molecule has 6 heteroatoms. The zero-order chi connectivity index (χ0) is 15.5. The quantitative estimate of drug-likeness (QED) is 0.593. The Bertz CT molecular complexity index is 572. The molecule has 0 aliphatic carbocycles. The van der Waals surface area contributed by atoms with Crippen LogP contribution in [0.2, 0.25) is 0 Å². The SMILES string of the molecule is Cc1cc(OCCCN2CCCC2)cc(C)c1S(=O)(=O)Cl. The van der Waals surface area contributed by atoms with Gasteiger partial charge in [0.05, 0.1) is 11.5 Å². The predicted molar refractivity (Wildman–Crippen MR) is 84.7 cm³/mol. The van der Waals surface area contributed by atoms with Gasteiger partial charge in [0, 0.05) is 17.2 Å². The van der Waals surface area contributed by atoms with Crippen LogP contribution in [0.5, 0.6) is 5.75 Å². The standard InChI is InChI=1S/C15H22ClNO3S/c1-12-10-14(11-13(2)15(12)21(16,18)19)20-9-5-8-17-6-3-4-7-17/h10-11H,3-9H2,1-2H3. The van der Waals surface area contributed by atoms with Crippen LogP contribution >= 0.6 is 10.7 Å². The molecule has 1 fully saturated rings. The molecule has 0 N–H and O–H groups in total. The number of aryl methyl sites for hydroxylation is 2. The highest BCUT2D eigenvalue weighted by Crippen LogP contribution is 2.28. The molecule has 1 aliphatic heterocycles. The topological polar surface area (TPSA) is 46.6 Å². The van der Waals surface area contributed by atoms with Crippen LogP contribution in [0.3, 0.4) is 0 Å². The maximum absolute atomic E-state index is 11.5.